The topological polar surface area (TPSA) is 85.6 Å². The molecule has 4 rings (SSSR count). The maximum Gasteiger partial charge on any atom is 0.434 e. The van der Waals surface area contributed by atoms with Gasteiger partial charge >= 0.3 is 6.18 Å². The fourth-order valence-corrected chi connectivity index (χ4v) is 3.83. The van der Waals surface area contributed by atoms with E-state index in [1.54, 1.807) is 6.07 Å². The summed E-state index contributed by atoms with van der Waals surface area (Å²) in [5.41, 5.74) is -1.07. The highest BCUT2D eigenvalue weighted by atomic mass is 19.4. The van der Waals surface area contributed by atoms with Crippen LogP contribution in [0.4, 0.5) is 17.6 Å². The molecule has 3 heterocycles. The molecule has 9 nitrogen and oxygen atoms in total. The lowest BCUT2D eigenvalue weighted by Crippen LogP contribution is -2.48. The Balaban J connectivity index is 1.48. The van der Waals surface area contributed by atoms with Crippen LogP contribution in [0.3, 0.4) is 0 Å². The van der Waals surface area contributed by atoms with Crippen LogP contribution in [-0.4, -0.2) is 76.1 Å². The van der Waals surface area contributed by atoms with Crippen molar-refractivity contribution >= 4 is 5.91 Å². The summed E-state index contributed by atoms with van der Waals surface area (Å²) in [7, 11) is 2.73. The van der Waals surface area contributed by atoms with Crippen LogP contribution < -0.4 is 9.47 Å². The molecule has 1 aliphatic heterocycles. The van der Waals surface area contributed by atoms with E-state index in [0.29, 0.717) is 24.3 Å². The quantitative estimate of drug-likeness (QED) is 0.487. The van der Waals surface area contributed by atoms with Crippen LogP contribution in [0, 0.1) is 5.82 Å². The van der Waals surface area contributed by atoms with Crippen molar-refractivity contribution in [1.82, 2.24) is 29.8 Å². The molecule has 13 heteroatoms. The van der Waals surface area contributed by atoms with Crippen molar-refractivity contribution in [3.63, 3.8) is 0 Å². The minimum atomic E-state index is -4.86. The van der Waals surface area contributed by atoms with Crippen molar-refractivity contribution in [2.45, 2.75) is 12.7 Å². The Morgan fingerprint density at radius 3 is 2.34 bits per heavy atom. The molecule has 0 saturated carbocycles. The van der Waals surface area contributed by atoms with Crippen LogP contribution in [0.25, 0.3) is 5.82 Å². The first-order valence-electron chi connectivity index (χ1n) is 10.6. The van der Waals surface area contributed by atoms with E-state index >= 15 is 0 Å². The van der Waals surface area contributed by atoms with Crippen LogP contribution in [0.15, 0.2) is 36.5 Å². The molecule has 1 saturated heterocycles. The molecule has 186 valence electrons. The predicted molar refractivity (Wildman–Crippen MR) is 115 cm³/mol. The number of piperazine rings is 1. The monoisotopic (exact) mass is 494 g/mol. The van der Waals surface area contributed by atoms with Gasteiger partial charge in [-0.3, -0.25) is 9.69 Å². The molecule has 2 aromatic heterocycles. The maximum absolute atomic E-state index is 13.9. The molecule has 0 bridgehead atoms. The number of ether oxygens (including phenoxy) is 2. The third-order valence-electron chi connectivity index (χ3n) is 5.60. The minimum Gasteiger partial charge on any atom is -0.494 e. The Labute approximate surface area is 197 Å². The average molecular weight is 494 g/mol. The lowest BCUT2D eigenvalue weighted by molar-refractivity contribution is -0.143. The third kappa shape index (κ3) is 5.19. The van der Waals surface area contributed by atoms with Gasteiger partial charge in [0.05, 0.1) is 26.0 Å². The molecular weight excluding hydrogens is 472 g/mol. The summed E-state index contributed by atoms with van der Waals surface area (Å²) in [6.45, 7) is 1.69. The Bertz CT molecular complexity index is 1190. The smallest absolute Gasteiger partial charge is 0.434 e. The first kappa shape index (κ1) is 24.4. The average Bonchev–Trinajstić information content (AvgIpc) is 3.30. The van der Waals surface area contributed by atoms with Crippen molar-refractivity contribution in [3.05, 3.63) is 59.2 Å². The van der Waals surface area contributed by atoms with Crippen molar-refractivity contribution in [3.8, 4) is 17.4 Å². The molecule has 0 N–H and O–H groups in total. The number of amides is 1. The van der Waals surface area contributed by atoms with Gasteiger partial charge in [0.25, 0.3) is 5.91 Å². The number of halogens is 4. The van der Waals surface area contributed by atoms with Crippen LogP contribution >= 0.6 is 0 Å². The van der Waals surface area contributed by atoms with E-state index in [1.165, 1.54) is 43.4 Å². The molecule has 0 radical (unpaired) electrons. The van der Waals surface area contributed by atoms with E-state index in [1.807, 2.05) is 4.90 Å². The second-order valence-corrected chi connectivity index (χ2v) is 7.79. The molecular formula is C22H22F4N6O3. The van der Waals surface area contributed by atoms with Gasteiger partial charge in [0, 0.05) is 38.8 Å². The lowest BCUT2D eigenvalue weighted by atomic mass is 10.1. The normalized spacial score (nSPS) is 14.7. The Kier molecular flexibility index (Phi) is 6.87. The minimum absolute atomic E-state index is 0.126. The Morgan fingerprint density at radius 1 is 1.03 bits per heavy atom. The van der Waals surface area contributed by atoms with Crippen LogP contribution in [-0.2, 0) is 12.7 Å². The van der Waals surface area contributed by atoms with Gasteiger partial charge in [0.1, 0.15) is 0 Å². The second kappa shape index (κ2) is 9.86. The number of rotatable bonds is 6. The van der Waals surface area contributed by atoms with E-state index in [2.05, 4.69) is 15.3 Å². The molecule has 0 unspecified atom stereocenters. The molecule has 1 amide bonds. The number of hydrogen-bond acceptors (Lipinski definition) is 7. The van der Waals surface area contributed by atoms with E-state index in [-0.39, 0.29) is 30.5 Å². The van der Waals surface area contributed by atoms with Crippen LogP contribution in [0.1, 0.15) is 21.6 Å². The zero-order chi connectivity index (χ0) is 25.2. The van der Waals surface area contributed by atoms with Gasteiger partial charge in [-0.15, -0.1) is 10.2 Å². The van der Waals surface area contributed by atoms with Gasteiger partial charge in [0.2, 0.25) is 5.88 Å². The van der Waals surface area contributed by atoms with E-state index < -0.39 is 29.2 Å². The van der Waals surface area contributed by atoms with Gasteiger partial charge in [-0.2, -0.15) is 18.3 Å². The molecule has 1 fully saturated rings. The lowest BCUT2D eigenvalue weighted by Gasteiger charge is -2.34. The van der Waals surface area contributed by atoms with Crippen LogP contribution in [0.5, 0.6) is 11.6 Å². The summed E-state index contributed by atoms with van der Waals surface area (Å²) in [6.07, 6.45) is -3.97. The summed E-state index contributed by atoms with van der Waals surface area (Å²) in [6, 6.07) is 7.27. The third-order valence-corrected chi connectivity index (χ3v) is 5.60. The van der Waals surface area contributed by atoms with Gasteiger partial charge in [-0.1, -0.05) is 6.07 Å². The van der Waals surface area contributed by atoms with E-state index in [4.69, 9.17) is 9.47 Å². The zero-order valence-electron chi connectivity index (χ0n) is 18.9. The fraction of sp³-hybridized carbons (Fsp3) is 0.364. The van der Waals surface area contributed by atoms with Gasteiger partial charge in [0.15, 0.2) is 23.1 Å². The number of nitrogens with zero attached hydrogens (tertiary/aromatic N) is 6. The first-order chi connectivity index (χ1) is 16.7. The Morgan fingerprint density at radius 2 is 1.77 bits per heavy atom. The summed E-state index contributed by atoms with van der Waals surface area (Å²) >= 11 is 0. The molecule has 0 atom stereocenters. The maximum atomic E-state index is 13.9. The second-order valence-electron chi connectivity index (χ2n) is 7.79. The van der Waals surface area contributed by atoms with Crippen molar-refractivity contribution in [2.24, 2.45) is 0 Å². The van der Waals surface area contributed by atoms with E-state index in [9.17, 15) is 22.4 Å². The molecule has 1 aliphatic rings. The number of aromatic nitrogens is 4. The largest absolute Gasteiger partial charge is 0.494 e. The van der Waals surface area contributed by atoms with Crippen molar-refractivity contribution in [2.75, 3.05) is 40.4 Å². The number of hydrogen-bond donors (Lipinski definition) is 0. The van der Waals surface area contributed by atoms with E-state index in [0.717, 1.165) is 11.8 Å². The summed E-state index contributed by atoms with van der Waals surface area (Å²) in [4.78, 5) is 16.4. The number of methoxy groups -OCH3 is 2. The highest BCUT2D eigenvalue weighted by molar-refractivity contribution is 5.95. The Hall–Kier alpha value is -3.74. The van der Waals surface area contributed by atoms with Gasteiger partial charge in [-0.25, -0.2) is 9.07 Å². The van der Waals surface area contributed by atoms with Gasteiger partial charge in [-0.05, 0) is 23.8 Å². The van der Waals surface area contributed by atoms with Gasteiger partial charge < -0.3 is 14.4 Å². The standard InChI is InChI=1S/C22H22F4N6O3/c1-34-17-4-3-14(11-16(17)23)13-30-7-9-31(10-8-30)21(33)15-12-27-32(20(15)22(24,25)26)18-5-6-19(35-2)29-28-18/h3-6,11-12H,7-10,13H2,1-2H3. The predicted octanol–water partition coefficient (Wildman–Crippen LogP) is 2.80. The number of alkyl halides is 3. The molecule has 35 heavy (non-hydrogen) atoms. The highest BCUT2D eigenvalue weighted by Gasteiger charge is 2.42. The zero-order valence-corrected chi connectivity index (χ0v) is 18.9. The summed E-state index contributed by atoms with van der Waals surface area (Å²) in [5.74, 6) is -1.18. The molecule has 3 aromatic rings. The van der Waals surface area contributed by atoms with Crippen LogP contribution in [0.2, 0.25) is 0 Å². The van der Waals surface area contributed by atoms with Crippen molar-refractivity contribution < 1.29 is 31.8 Å². The number of carbonyl (C=O) groups is 1. The summed E-state index contributed by atoms with van der Waals surface area (Å²) in [5, 5.41) is 11.1. The number of benzene rings is 1. The number of carbonyl (C=O) groups excluding carboxylic acids is 1. The SMILES string of the molecule is COc1ccc(-n2ncc(C(=O)N3CCN(Cc4ccc(OC)c(F)c4)CC3)c2C(F)(F)F)nn1. The highest BCUT2D eigenvalue weighted by Crippen LogP contribution is 2.34. The fourth-order valence-electron chi connectivity index (χ4n) is 3.83. The molecule has 0 aliphatic carbocycles. The molecule has 0 spiro atoms. The first-order valence-corrected chi connectivity index (χ1v) is 10.6. The molecule has 1 aromatic carbocycles. The van der Waals surface area contributed by atoms with Crippen molar-refractivity contribution in [1.29, 1.82) is 0 Å². The summed E-state index contributed by atoms with van der Waals surface area (Å²) < 4.78 is 66.1.